The molecule has 1 heterocycles. The third-order valence-electron chi connectivity index (χ3n) is 4.38. The molecule has 1 amide bonds. The van der Waals surface area contributed by atoms with Crippen LogP contribution < -0.4 is 5.32 Å². The normalized spacial score (nSPS) is 26.6. The highest BCUT2D eigenvalue weighted by Crippen LogP contribution is 2.41. The number of carbonyl (C=O) groups excluding carboxylic acids is 1. The first-order valence-electron chi connectivity index (χ1n) is 6.75. The number of carboxylic acid groups (broad SMARTS) is 1. The maximum Gasteiger partial charge on any atom is 0.319 e. The van der Waals surface area contributed by atoms with Crippen LogP contribution in [-0.2, 0) is 9.59 Å². The molecular formula is C13H22N2O3. The zero-order valence-corrected chi connectivity index (χ0v) is 10.9. The summed E-state index contributed by atoms with van der Waals surface area (Å²) in [5.74, 6) is -0.614. The summed E-state index contributed by atoms with van der Waals surface area (Å²) in [5.41, 5.74) is -1.12. The average Bonchev–Trinajstić information content (AvgIpc) is 2.61. The van der Waals surface area contributed by atoms with Crippen LogP contribution in [0.1, 0.15) is 32.1 Å². The van der Waals surface area contributed by atoms with Gasteiger partial charge in [-0.2, -0.15) is 0 Å². The fourth-order valence-electron chi connectivity index (χ4n) is 2.89. The van der Waals surface area contributed by atoms with Crippen molar-refractivity contribution in [3.8, 4) is 0 Å². The van der Waals surface area contributed by atoms with E-state index in [0.29, 0.717) is 25.3 Å². The summed E-state index contributed by atoms with van der Waals surface area (Å²) >= 11 is 0. The maximum atomic E-state index is 11.9. The third kappa shape index (κ3) is 2.51. The number of hydrogen-bond donors (Lipinski definition) is 2. The lowest BCUT2D eigenvalue weighted by atomic mass is 9.68. The summed E-state index contributed by atoms with van der Waals surface area (Å²) in [6.07, 6.45) is 3.94. The van der Waals surface area contributed by atoms with Crippen LogP contribution in [0.3, 0.4) is 0 Å². The van der Waals surface area contributed by atoms with Crippen molar-refractivity contribution >= 4 is 11.9 Å². The largest absolute Gasteiger partial charge is 0.480 e. The van der Waals surface area contributed by atoms with Crippen LogP contribution in [0.15, 0.2) is 0 Å². The van der Waals surface area contributed by atoms with Crippen molar-refractivity contribution in [1.29, 1.82) is 0 Å². The fraction of sp³-hybridized carbons (Fsp3) is 0.846. The molecule has 2 aliphatic rings. The van der Waals surface area contributed by atoms with Gasteiger partial charge in [0.25, 0.3) is 0 Å². The summed E-state index contributed by atoms with van der Waals surface area (Å²) in [5, 5.41) is 11.9. The first-order chi connectivity index (χ1) is 8.54. The zero-order chi connectivity index (χ0) is 13.2. The van der Waals surface area contributed by atoms with E-state index in [0.717, 1.165) is 25.9 Å². The topological polar surface area (TPSA) is 69.6 Å². The van der Waals surface area contributed by atoms with Crippen molar-refractivity contribution in [2.45, 2.75) is 32.1 Å². The first kappa shape index (κ1) is 13.3. The Morgan fingerprint density at radius 2 is 2.17 bits per heavy atom. The summed E-state index contributed by atoms with van der Waals surface area (Å²) in [7, 11) is 2.10. The lowest BCUT2D eigenvalue weighted by Crippen LogP contribution is -2.51. The summed E-state index contributed by atoms with van der Waals surface area (Å²) in [4.78, 5) is 25.4. The molecule has 2 rings (SSSR count). The van der Waals surface area contributed by atoms with E-state index in [9.17, 15) is 9.59 Å². The van der Waals surface area contributed by atoms with Gasteiger partial charge in [-0.15, -0.1) is 0 Å². The molecule has 18 heavy (non-hydrogen) atoms. The number of carboxylic acids is 1. The molecule has 1 aliphatic heterocycles. The molecule has 102 valence electrons. The van der Waals surface area contributed by atoms with Gasteiger partial charge in [0, 0.05) is 13.1 Å². The summed E-state index contributed by atoms with van der Waals surface area (Å²) < 4.78 is 0. The molecule has 0 aromatic rings. The van der Waals surface area contributed by atoms with Crippen LogP contribution in [0.4, 0.5) is 0 Å². The fourth-order valence-corrected chi connectivity index (χ4v) is 2.89. The Balaban J connectivity index is 1.73. The second-order valence-electron chi connectivity index (χ2n) is 5.70. The molecule has 2 fully saturated rings. The second kappa shape index (κ2) is 5.26. The lowest BCUT2D eigenvalue weighted by Gasteiger charge is -2.35. The van der Waals surface area contributed by atoms with Gasteiger partial charge in [-0.25, -0.2) is 0 Å². The molecule has 1 saturated carbocycles. The molecule has 2 N–H and O–H groups in total. The van der Waals surface area contributed by atoms with Crippen LogP contribution in [0.5, 0.6) is 0 Å². The molecule has 0 aromatic carbocycles. The molecule has 0 spiro atoms. The van der Waals surface area contributed by atoms with Gasteiger partial charge in [0.2, 0.25) is 5.91 Å². The second-order valence-corrected chi connectivity index (χ2v) is 5.70. The van der Waals surface area contributed by atoms with Gasteiger partial charge in [-0.05, 0) is 45.2 Å². The smallest absolute Gasteiger partial charge is 0.319 e. The number of likely N-dealkylation sites (tertiary alicyclic amines) is 1. The van der Waals surface area contributed by atoms with E-state index in [1.807, 2.05) is 0 Å². The Bertz CT molecular complexity index is 339. The van der Waals surface area contributed by atoms with Gasteiger partial charge in [0.1, 0.15) is 5.41 Å². The Labute approximate surface area is 108 Å². The van der Waals surface area contributed by atoms with Crippen molar-refractivity contribution < 1.29 is 14.7 Å². The Kier molecular flexibility index (Phi) is 3.90. The number of nitrogens with zero attached hydrogens (tertiary/aromatic N) is 1. The average molecular weight is 254 g/mol. The molecule has 5 nitrogen and oxygen atoms in total. The Morgan fingerprint density at radius 1 is 1.44 bits per heavy atom. The van der Waals surface area contributed by atoms with E-state index in [-0.39, 0.29) is 5.91 Å². The Morgan fingerprint density at radius 3 is 2.61 bits per heavy atom. The number of hydrogen-bond acceptors (Lipinski definition) is 3. The van der Waals surface area contributed by atoms with Crippen molar-refractivity contribution in [2.24, 2.45) is 11.3 Å². The van der Waals surface area contributed by atoms with Crippen LogP contribution in [-0.4, -0.2) is 48.6 Å². The van der Waals surface area contributed by atoms with Gasteiger partial charge < -0.3 is 15.3 Å². The van der Waals surface area contributed by atoms with Gasteiger partial charge >= 0.3 is 5.97 Å². The number of carbonyl (C=O) groups is 2. The molecule has 1 atom stereocenters. The molecular weight excluding hydrogens is 232 g/mol. The highest BCUT2D eigenvalue weighted by Gasteiger charge is 2.50. The lowest BCUT2D eigenvalue weighted by molar-refractivity contribution is -0.162. The van der Waals surface area contributed by atoms with Crippen LogP contribution in [0.25, 0.3) is 0 Å². The monoisotopic (exact) mass is 254 g/mol. The predicted octanol–water partition coefficient (Wildman–Crippen LogP) is 0.699. The highest BCUT2D eigenvalue weighted by molar-refractivity contribution is 6.02. The highest BCUT2D eigenvalue weighted by atomic mass is 16.4. The maximum absolute atomic E-state index is 11.9. The van der Waals surface area contributed by atoms with E-state index in [4.69, 9.17) is 5.11 Å². The van der Waals surface area contributed by atoms with Crippen LogP contribution in [0.2, 0.25) is 0 Å². The standard InChI is InChI=1S/C13H22N2O3/c1-15-8-4-10(9-15)3-7-14-11(16)13(12(17)18)5-2-6-13/h10H,2-9H2,1H3,(H,14,16)(H,17,18). The first-order valence-corrected chi connectivity index (χ1v) is 6.75. The molecule has 5 heteroatoms. The summed E-state index contributed by atoms with van der Waals surface area (Å²) in [6.45, 7) is 2.81. The van der Waals surface area contributed by atoms with Crippen molar-refractivity contribution in [2.75, 3.05) is 26.7 Å². The Hall–Kier alpha value is -1.10. The summed E-state index contributed by atoms with van der Waals surface area (Å²) in [6, 6.07) is 0. The van der Waals surface area contributed by atoms with Crippen molar-refractivity contribution in [3.05, 3.63) is 0 Å². The van der Waals surface area contributed by atoms with E-state index < -0.39 is 11.4 Å². The van der Waals surface area contributed by atoms with Gasteiger partial charge in [-0.3, -0.25) is 9.59 Å². The van der Waals surface area contributed by atoms with E-state index >= 15 is 0 Å². The minimum Gasteiger partial charge on any atom is -0.480 e. The molecule has 0 aromatic heterocycles. The number of rotatable bonds is 5. The SMILES string of the molecule is CN1CCC(CCNC(=O)C2(C(=O)O)CCC2)C1. The van der Waals surface area contributed by atoms with Gasteiger partial charge in [0.05, 0.1) is 0 Å². The molecule has 0 bridgehead atoms. The van der Waals surface area contributed by atoms with E-state index in [2.05, 4.69) is 17.3 Å². The van der Waals surface area contributed by atoms with Crippen molar-refractivity contribution in [3.63, 3.8) is 0 Å². The molecule has 0 radical (unpaired) electrons. The van der Waals surface area contributed by atoms with E-state index in [1.54, 1.807) is 0 Å². The predicted molar refractivity (Wildman–Crippen MR) is 67.2 cm³/mol. The van der Waals surface area contributed by atoms with Crippen LogP contribution in [0, 0.1) is 11.3 Å². The molecule has 1 saturated heterocycles. The quantitative estimate of drug-likeness (QED) is 0.709. The van der Waals surface area contributed by atoms with Crippen LogP contribution >= 0.6 is 0 Å². The van der Waals surface area contributed by atoms with Gasteiger partial charge in [-0.1, -0.05) is 6.42 Å². The molecule has 1 unspecified atom stereocenters. The third-order valence-corrected chi connectivity index (χ3v) is 4.38. The van der Waals surface area contributed by atoms with Crippen molar-refractivity contribution in [1.82, 2.24) is 10.2 Å². The number of nitrogens with one attached hydrogen (secondary N) is 1. The van der Waals surface area contributed by atoms with Gasteiger partial charge in [0.15, 0.2) is 0 Å². The molecule has 1 aliphatic carbocycles. The minimum atomic E-state index is -1.12. The van der Waals surface area contributed by atoms with E-state index in [1.165, 1.54) is 6.42 Å². The number of amides is 1. The number of aliphatic carboxylic acids is 1. The zero-order valence-electron chi connectivity index (χ0n) is 10.9. The minimum absolute atomic E-state index is 0.285.